The lowest BCUT2D eigenvalue weighted by molar-refractivity contribution is 0.129. The fourth-order valence-electron chi connectivity index (χ4n) is 2.03. The molecule has 1 aromatic carbocycles. The number of aromatic nitrogens is 3. The summed E-state index contributed by atoms with van der Waals surface area (Å²) in [4.78, 5) is 16.9. The summed E-state index contributed by atoms with van der Waals surface area (Å²) in [5, 5.41) is 13.1. The molecule has 8 heteroatoms. The topological polar surface area (TPSA) is 80.5 Å². The summed E-state index contributed by atoms with van der Waals surface area (Å²) in [6.07, 6.45) is 1.97. The molecule has 1 N–H and O–H groups in total. The highest BCUT2D eigenvalue weighted by Crippen LogP contribution is 2.26. The molecule has 3 rings (SSSR count). The van der Waals surface area contributed by atoms with E-state index in [1.165, 1.54) is 29.7 Å². The van der Waals surface area contributed by atoms with Gasteiger partial charge in [-0.3, -0.25) is 4.90 Å². The lowest BCUT2D eigenvalue weighted by Gasteiger charge is -2.13. The second kappa shape index (κ2) is 4.80. The second-order valence-corrected chi connectivity index (χ2v) is 4.37. The van der Waals surface area contributed by atoms with Crippen molar-refractivity contribution < 1.29 is 19.0 Å². The fraction of sp³-hybridized carbons (Fsp3) is 0.250. The second-order valence-electron chi connectivity index (χ2n) is 4.37. The molecule has 0 aliphatic carbocycles. The molecule has 0 radical (unpaired) electrons. The van der Waals surface area contributed by atoms with Gasteiger partial charge in [0.05, 0.1) is 18.8 Å². The highest BCUT2D eigenvalue weighted by molar-refractivity contribution is 5.89. The number of nitrogens with zero attached hydrogens (tertiary/aromatic N) is 4. The van der Waals surface area contributed by atoms with E-state index in [1.54, 1.807) is 4.68 Å². The van der Waals surface area contributed by atoms with E-state index in [0.29, 0.717) is 12.2 Å². The molecule has 104 valence electrons. The Bertz CT molecular complexity index is 632. The number of phenols is 1. The molecule has 1 fully saturated rings. The minimum atomic E-state index is -0.782. The van der Waals surface area contributed by atoms with Crippen LogP contribution in [0.2, 0.25) is 0 Å². The van der Waals surface area contributed by atoms with Gasteiger partial charge in [-0.2, -0.15) is 5.10 Å². The lowest BCUT2D eigenvalue weighted by Crippen LogP contribution is -2.26. The molecule has 1 saturated heterocycles. The number of hydrogen-bond acceptors (Lipinski definition) is 5. The van der Waals surface area contributed by atoms with Gasteiger partial charge in [0.25, 0.3) is 0 Å². The molecule has 0 unspecified atom stereocenters. The molecule has 1 aromatic heterocycles. The number of carbonyl (C=O) groups is 1. The molecule has 1 amide bonds. The van der Waals surface area contributed by atoms with Crippen molar-refractivity contribution in [3.05, 3.63) is 36.7 Å². The van der Waals surface area contributed by atoms with Crippen LogP contribution in [0.25, 0.3) is 0 Å². The van der Waals surface area contributed by atoms with Gasteiger partial charge >= 0.3 is 6.09 Å². The third-order valence-electron chi connectivity index (χ3n) is 2.97. The number of anilines is 1. The fourth-order valence-corrected chi connectivity index (χ4v) is 2.03. The Morgan fingerprint density at radius 2 is 2.35 bits per heavy atom. The van der Waals surface area contributed by atoms with E-state index < -0.39 is 17.7 Å². The van der Waals surface area contributed by atoms with Gasteiger partial charge in [-0.25, -0.2) is 18.9 Å². The van der Waals surface area contributed by atoms with Gasteiger partial charge < -0.3 is 9.84 Å². The largest absolute Gasteiger partial charge is 0.505 e. The van der Waals surface area contributed by atoms with Crippen LogP contribution in [0.15, 0.2) is 30.9 Å². The number of carbonyl (C=O) groups excluding carboxylic acids is 1. The van der Waals surface area contributed by atoms with Crippen LogP contribution in [0.4, 0.5) is 14.9 Å². The van der Waals surface area contributed by atoms with Gasteiger partial charge in [-0.05, 0) is 12.1 Å². The van der Waals surface area contributed by atoms with Crippen LogP contribution >= 0.6 is 0 Å². The number of halogens is 1. The predicted molar refractivity (Wildman–Crippen MR) is 65.7 cm³/mol. The molecule has 1 aliphatic heterocycles. The third kappa shape index (κ3) is 2.27. The van der Waals surface area contributed by atoms with Gasteiger partial charge in [0.1, 0.15) is 18.8 Å². The van der Waals surface area contributed by atoms with Crippen molar-refractivity contribution in [3.63, 3.8) is 0 Å². The SMILES string of the molecule is O=C1O[C@@H](Cn2cncn2)CN1c1ccc(O)c(F)c1. The van der Waals surface area contributed by atoms with Crippen molar-refractivity contribution in [2.24, 2.45) is 0 Å². The molecule has 2 heterocycles. The zero-order valence-corrected chi connectivity index (χ0v) is 10.3. The highest BCUT2D eigenvalue weighted by Gasteiger charge is 2.33. The molecule has 1 atom stereocenters. The summed E-state index contributed by atoms with van der Waals surface area (Å²) in [5.74, 6) is -1.24. The third-order valence-corrected chi connectivity index (χ3v) is 2.97. The summed E-state index contributed by atoms with van der Waals surface area (Å²) >= 11 is 0. The first kappa shape index (κ1) is 12.4. The molecule has 0 saturated carbocycles. The summed E-state index contributed by atoms with van der Waals surface area (Å²) in [7, 11) is 0. The van der Waals surface area contributed by atoms with Crippen LogP contribution < -0.4 is 4.90 Å². The number of rotatable bonds is 3. The Balaban J connectivity index is 1.75. The molecule has 7 nitrogen and oxygen atoms in total. The average molecular weight is 278 g/mol. The minimum Gasteiger partial charge on any atom is -0.505 e. The van der Waals surface area contributed by atoms with E-state index in [9.17, 15) is 9.18 Å². The minimum absolute atomic E-state index is 0.281. The van der Waals surface area contributed by atoms with Crippen molar-refractivity contribution >= 4 is 11.8 Å². The molecular formula is C12H11FN4O3. The summed E-state index contributed by atoms with van der Waals surface area (Å²) in [6, 6.07) is 3.74. The van der Waals surface area contributed by atoms with Crippen LogP contribution in [-0.4, -0.2) is 38.6 Å². The van der Waals surface area contributed by atoms with E-state index in [4.69, 9.17) is 9.84 Å². The van der Waals surface area contributed by atoms with Gasteiger partial charge in [0, 0.05) is 6.07 Å². The van der Waals surface area contributed by atoms with Crippen LogP contribution in [0.5, 0.6) is 5.75 Å². The zero-order valence-electron chi connectivity index (χ0n) is 10.3. The molecule has 2 aromatic rings. The maximum Gasteiger partial charge on any atom is 0.414 e. The summed E-state index contributed by atoms with van der Waals surface area (Å²) in [6.45, 7) is 0.658. The van der Waals surface area contributed by atoms with Crippen molar-refractivity contribution in [1.29, 1.82) is 0 Å². The van der Waals surface area contributed by atoms with Crippen LogP contribution in [0.1, 0.15) is 0 Å². The Kier molecular flexibility index (Phi) is 2.97. The summed E-state index contributed by atoms with van der Waals surface area (Å²) in [5.41, 5.74) is 0.339. The molecular weight excluding hydrogens is 267 g/mol. The van der Waals surface area contributed by atoms with E-state index >= 15 is 0 Å². The highest BCUT2D eigenvalue weighted by atomic mass is 19.1. The first-order valence-corrected chi connectivity index (χ1v) is 5.92. The predicted octanol–water partition coefficient (Wildman–Crippen LogP) is 1.15. The van der Waals surface area contributed by atoms with Crippen molar-refractivity contribution in [3.8, 4) is 5.75 Å². The van der Waals surface area contributed by atoms with Crippen LogP contribution in [0, 0.1) is 5.82 Å². The molecule has 0 bridgehead atoms. The number of cyclic esters (lactones) is 1. The Hall–Kier alpha value is -2.64. The number of hydrogen-bond donors (Lipinski definition) is 1. The maximum absolute atomic E-state index is 13.3. The Labute approximate surface area is 113 Å². The van der Waals surface area contributed by atoms with E-state index in [1.807, 2.05) is 0 Å². The smallest absolute Gasteiger partial charge is 0.414 e. The van der Waals surface area contributed by atoms with Gasteiger partial charge in [0.2, 0.25) is 0 Å². The quantitative estimate of drug-likeness (QED) is 0.910. The average Bonchev–Trinajstić information content (AvgIpc) is 3.03. The van der Waals surface area contributed by atoms with Crippen molar-refractivity contribution in [1.82, 2.24) is 14.8 Å². The number of phenolic OH excluding ortho intramolecular Hbond substituents is 1. The normalized spacial score (nSPS) is 18.4. The van der Waals surface area contributed by atoms with Gasteiger partial charge in [0.15, 0.2) is 11.6 Å². The number of aromatic hydroxyl groups is 1. The van der Waals surface area contributed by atoms with Crippen LogP contribution in [-0.2, 0) is 11.3 Å². The standard InChI is InChI=1S/C12H11FN4O3/c13-10-3-8(1-2-11(10)18)17-5-9(20-12(17)19)4-16-7-14-6-15-16/h1-3,6-7,9,18H,4-5H2/t9-/m0/s1. The Morgan fingerprint density at radius 3 is 3.05 bits per heavy atom. The van der Waals surface area contributed by atoms with Crippen molar-refractivity contribution in [2.75, 3.05) is 11.4 Å². The van der Waals surface area contributed by atoms with Gasteiger partial charge in [-0.15, -0.1) is 0 Å². The lowest BCUT2D eigenvalue weighted by atomic mass is 10.2. The van der Waals surface area contributed by atoms with Gasteiger partial charge in [-0.1, -0.05) is 0 Å². The number of amides is 1. The zero-order chi connectivity index (χ0) is 14.1. The van der Waals surface area contributed by atoms with E-state index in [2.05, 4.69) is 10.1 Å². The van der Waals surface area contributed by atoms with Crippen LogP contribution in [0.3, 0.4) is 0 Å². The van der Waals surface area contributed by atoms with Crippen molar-refractivity contribution in [2.45, 2.75) is 12.6 Å². The molecule has 1 aliphatic rings. The molecule has 20 heavy (non-hydrogen) atoms. The summed E-state index contributed by atoms with van der Waals surface area (Å²) < 4.78 is 20.1. The first-order chi connectivity index (χ1) is 9.63. The monoisotopic (exact) mass is 278 g/mol. The maximum atomic E-state index is 13.3. The Morgan fingerprint density at radius 1 is 1.50 bits per heavy atom. The van der Waals surface area contributed by atoms with E-state index in [0.717, 1.165) is 6.07 Å². The first-order valence-electron chi connectivity index (χ1n) is 5.92. The molecule has 0 spiro atoms. The van der Waals surface area contributed by atoms with E-state index in [-0.39, 0.29) is 12.6 Å². The number of ether oxygens (including phenoxy) is 1. The number of benzene rings is 1.